The van der Waals surface area contributed by atoms with Gasteiger partial charge in [-0.25, -0.2) is 0 Å². The number of ether oxygens (including phenoxy) is 1. The SMILES string of the molecule is COc1ccc(CNC(=O)C2CCC(=O)N2)cc1. The van der Waals surface area contributed by atoms with Gasteiger partial charge in [0.2, 0.25) is 11.8 Å². The van der Waals surface area contributed by atoms with Gasteiger partial charge in [-0.1, -0.05) is 12.1 Å². The van der Waals surface area contributed by atoms with Gasteiger partial charge in [0, 0.05) is 13.0 Å². The van der Waals surface area contributed by atoms with Crippen molar-refractivity contribution < 1.29 is 14.3 Å². The first-order chi connectivity index (χ1) is 8.69. The first-order valence-corrected chi connectivity index (χ1v) is 5.89. The molecule has 1 atom stereocenters. The van der Waals surface area contributed by atoms with Crippen LogP contribution in [0, 0.1) is 0 Å². The fourth-order valence-corrected chi connectivity index (χ4v) is 1.87. The van der Waals surface area contributed by atoms with Crippen molar-refractivity contribution in [3.05, 3.63) is 29.8 Å². The van der Waals surface area contributed by atoms with E-state index >= 15 is 0 Å². The molecular formula is C13H16N2O3. The molecule has 1 aliphatic heterocycles. The van der Waals surface area contributed by atoms with Gasteiger partial charge in [0.05, 0.1) is 7.11 Å². The lowest BCUT2D eigenvalue weighted by Crippen LogP contribution is -2.41. The molecular weight excluding hydrogens is 232 g/mol. The molecule has 18 heavy (non-hydrogen) atoms. The number of nitrogens with one attached hydrogen (secondary N) is 2. The summed E-state index contributed by atoms with van der Waals surface area (Å²) in [5.74, 6) is 0.601. The van der Waals surface area contributed by atoms with Gasteiger partial charge in [-0.05, 0) is 24.1 Å². The van der Waals surface area contributed by atoms with Crippen LogP contribution in [0.2, 0.25) is 0 Å². The zero-order valence-corrected chi connectivity index (χ0v) is 10.2. The number of methoxy groups -OCH3 is 1. The van der Waals surface area contributed by atoms with E-state index in [9.17, 15) is 9.59 Å². The van der Waals surface area contributed by atoms with Crippen molar-refractivity contribution in [2.24, 2.45) is 0 Å². The summed E-state index contributed by atoms with van der Waals surface area (Å²) in [5.41, 5.74) is 0.994. The molecule has 2 rings (SSSR count). The highest BCUT2D eigenvalue weighted by atomic mass is 16.5. The lowest BCUT2D eigenvalue weighted by atomic mass is 10.2. The van der Waals surface area contributed by atoms with Crippen LogP contribution in [0.15, 0.2) is 24.3 Å². The Balaban J connectivity index is 1.83. The topological polar surface area (TPSA) is 67.4 Å². The third-order valence-electron chi connectivity index (χ3n) is 2.94. The highest BCUT2D eigenvalue weighted by Gasteiger charge is 2.26. The van der Waals surface area contributed by atoms with Crippen LogP contribution in [0.4, 0.5) is 0 Å². The normalized spacial score (nSPS) is 18.3. The van der Waals surface area contributed by atoms with Crippen LogP contribution in [0.3, 0.4) is 0 Å². The summed E-state index contributed by atoms with van der Waals surface area (Å²) < 4.78 is 5.05. The number of amides is 2. The third-order valence-corrected chi connectivity index (χ3v) is 2.94. The van der Waals surface area contributed by atoms with Crippen LogP contribution in [-0.4, -0.2) is 25.0 Å². The maximum Gasteiger partial charge on any atom is 0.242 e. The Morgan fingerprint density at radius 1 is 1.44 bits per heavy atom. The average molecular weight is 248 g/mol. The summed E-state index contributed by atoms with van der Waals surface area (Å²) in [6.07, 6.45) is 1.01. The van der Waals surface area contributed by atoms with E-state index in [-0.39, 0.29) is 17.9 Å². The fourth-order valence-electron chi connectivity index (χ4n) is 1.87. The second-order valence-electron chi connectivity index (χ2n) is 4.22. The number of carbonyl (C=O) groups excluding carboxylic acids is 2. The van der Waals surface area contributed by atoms with Crippen molar-refractivity contribution in [2.45, 2.75) is 25.4 Å². The Bertz CT molecular complexity index is 442. The van der Waals surface area contributed by atoms with Gasteiger partial charge >= 0.3 is 0 Å². The summed E-state index contributed by atoms with van der Waals surface area (Å²) in [7, 11) is 1.61. The Labute approximate surface area is 106 Å². The van der Waals surface area contributed by atoms with Crippen LogP contribution in [0.1, 0.15) is 18.4 Å². The van der Waals surface area contributed by atoms with Gasteiger partial charge in [-0.2, -0.15) is 0 Å². The lowest BCUT2D eigenvalue weighted by Gasteiger charge is -2.11. The Hall–Kier alpha value is -2.04. The maximum atomic E-state index is 11.7. The first-order valence-electron chi connectivity index (χ1n) is 5.89. The molecule has 0 aromatic heterocycles. The van der Waals surface area contributed by atoms with E-state index in [1.807, 2.05) is 24.3 Å². The predicted octanol–water partition coefficient (Wildman–Crippen LogP) is 0.590. The molecule has 1 aromatic rings. The van der Waals surface area contributed by atoms with Crippen LogP contribution < -0.4 is 15.4 Å². The molecule has 2 N–H and O–H groups in total. The molecule has 0 radical (unpaired) electrons. The summed E-state index contributed by atoms with van der Waals surface area (Å²) in [4.78, 5) is 22.7. The quantitative estimate of drug-likeness (QED) is 0.819. The number of hydrogen-bond donors (Lipinski definition) is 2. The molecule has 0 saturated carbocycles. The van der Waals surface area contributed by atoms with E-state index in [2.05, 4.69) is 10.6 Å². The monoisotopic (exact) mass is 248 g/mol. The lowest BCUT2D eigenvalue weighted by molar-refractivity contribution is -0.125. The summed E-state index contributed by atoms with van der Waals surface area (Å²) in [6, 6.07) is 7.10. The summed E-state index contributed by atoms with van der Waals surface area (Å²) in [6.45, 7) is 0.454. The molecule has 96 valence electrons. The number of benzene rings is 1. The molecule has 1 saturated heterocycles. The van der Waals surface area contributed by atoms with E-state index in [0.29, 0.717) is 19.4 Å². The summed E-state index contributed by atoms with van der Waals surface area (Å²) >= 11 is 0. The average Bonchev–Trinajstić information content (AvgIpc) is 2.83. The van der Waals surface area contributed by atoms with Gasteiger partial charge < -0.3 is 15.4 Å². The molecule has 1 heterocycles. The Kier molecular flexibility index (Phi) is 3.82. The van der Waals surface area contributed by atoms with Crippen LogP contribution in [0.5, 0.6) is 5.75 Å². The molecule has 1 unspecified atom stereocenters. The molecule has 0 bridgehead atoms. The highest BCUT2D eigenvalue weighted by Crippen LogP contribution is 2.11. The zero-order chi connectivity index (χ0) is 13.0. The van der Waals surface area contributed by atoms with Crippen LogP contribution in [-0.2, 0) is 16.1 Å². The van der Waals surface area contributed by atoms with Crippen molar-refractivity contribution in [1.82, 2.24) is 10.6 Å². The van der Waals surface area contributed by atoms with Gasteiger partial charge in [0.25, 0.3) is 0 Å². The van der Waals surface area contributed by atoms with Crippen LogP contribution >= 0.6 is 0 Å². The standard InChI is InChI=1S/C13H16N2O3/c1-18-10-4-2-9(3-5-10)8-14-13(17)11-6-7-12(16)15-11/h2-5,11H,6-8H2,1H3,(H,14,17)(H,15,16). The number of carbonyl (C=O) groups is 2. The minimum atomic E-state index is -0.379. The van der Waals surface area contributed by atoms with Gasteiger partial charge in [-0.15, -0.1) is 0 Å². The van der Waals surface area contributed by atoms with Gasteiger partial charge in [0.1, 0.15) is 11.8 Å². The second-order valence-corrected chi connectivity index (χ2v) is 4.22. The van der Waals surface area contributed by atoms with E-state index in [0.717, 1.165) is 11.3 Å². The Morgan fingerprint density at radius 3 is 2.72 bits per heavy atom. The van der Waals surface area contributed by atoms with E-state index in [1.54, 1.807) is 7.11 Å². The van der Waals surface area contributed by atoms with Crippen molar-refractivity contribution in [3.8, 4) is 5.75 Å². The van der Waals surface area contributed by atoms with Crippen molar-refractivity contribution in [3.63, 3.8) is 0 Å². The molecule has 1 aromatic carbocycles. The summed E-state index contributed by atoms with van der Waals surface area (Å²) in [5, 5.41) is 5.44. The molecule has 5 nitrogen and oxygen atoms in total. The van der Waals surface area contributed by atoms with Crippen molar-refractivity contribution >= 4 is 11.8 Å². The molecule has 0 spiro atoms. The number of rotatable bonds is 4. The largest absolute Gasteiger partial charge is 0.497 e. The highest BCUT2D eigenvalue weighted by molar-refractivity contribution is 5.90. The van der Waals surface area contributed by atoms with Crippen LogP contribution in [0.25, 0.3) is 0 Å². The first kappa shape index (κ1) is 12.4. The molecule has 1 aliphatic rings. The second kappa shape index (κ2) is 5.53. The minimum absolute atomic E-state index is 0.0559. The molecule has 1 fully saturated rings. The van der Waals surface area contributed by atoms with Gasteiger partial charge in [0.15, 0.2) is 0 Å². The van der Waals surface area contributed by atoms with E-state index < -0.39 is 0 Å². The van der Waals surface area contributed by atoms with Gasteiger partial charge in [-0.3, -0.25) is 9.59 Å². The smallest absolute Gasteiger partial charge is 0.242 e. The Morgan fingerprint density at radius 2 is 2.17 bits per heavy atom. The molecule has 0 aliphatic carbocycles. The van der Waals surface area contributed by atoms with E-state index in [1.165, 1.54) is 0 Å². The fraction of sp³-hybridized carbons (Fsp3) is 0.385. The molecule has 2 amide bonds. The predicted molar refractivity (Wildman–Crippen MR) is 66.0 cm³/mol. The van der Waals surface area contributed by atoms with Crippen molar-refractivity contribution in [2.75, 3.05) is 7.11 Å². The number of hydrogen-bond acceptors (Lipinski definition) is 3. The van der Waals surface area contributed by atoms with E-state index in [4.69, 9.17) is 4.74 Å². The zero-order valence-electron chi connectivity index (χ0n) is 10.2. The molecule has 5 heteroatoms. The minimum Gasteiger partial charge on any atom is -0.497 e. The third kappa shape index (κ3) is 3.00. The van der Waals surface area contributed by atoms with Crippen molar-refractivity contribution in [1.29, 1.82) is 0 Å². The maximum absolute atomic E-state index is 11.7.